The minimum Gasteiger partial charge on any atom is -0.371 e. The van der Waals surface area contributed by atoms with Crippen molar-refractivity contribution < 1.29 is 0 Å². The number of nitriles is 1. The van der Waals surface area contributed by atoms with E-state index in [9.17, 15) is 5.26 Å². The van der Waals surface area contributed by atoms with Gasteiger partial charge in [-0.1, -0.05) is 55.5 Å². The van der Waals surface area contributed by atoms with Crippen LogP contribution in [0.4, 0.5) is 5.69 Å². The molecule has 0 amide bonds. The van der Waals surface area contributed by atoms with Gasteiger partial charge in [0.15, 0.2) is 0 Å². The molecule has 1 atom stereocenters. The molecular formula is C18H21N3. The van der Waals surface area contributed by atoms with Crippen LogP contribution < -0.4 is 10.2 Å². The highest BCUT2D eigenvalue weighted by Gasteiger charge is 2.32. The number of benzene rings is 2. The molecule has 2 aromatic rings. The van der Waals surface area contributed by atoms with Crippen LogP contribution in [0, 0.1) is 11.3 Å². The zero-order valence-corrected chi connectivity index (χ0v) is 12.6. The Bertz CT molecular complexity index is 589. The molecule has 2 rings (SSSR count). The van der Waals surface area contributed by atoms with Gasteiger partial charge in [-0.3, -0.25) is 5.32 Å². The van der Waals surface area contributed by atoms with Crippen LogP contribution in [-0.2, 0) is 5.54 Å². The molecular weight excluding hydrogens is 258 g/mol. The van der Waals surface area contributed by atoms with Crippen molar-refractivity contribution in [1.29, 1.82) is 5.26 Å². The van der Waals surface area contributed by atoms with Crippen molar-refractivity contribution in [2.24, 2.45) is 0 Å². The lowest BCUT2D eigenvalue weighted by atomic mass is 9.90. The topological polar surface area (TPSA) is 39.1 Å². The Balaban J connectivity index is 2.31. The van der Waals surface area contributed by atoms with Crippen LogP contribution >= 0.6 is 0 Å². The number of likely N-dealkylation sites (N-methyl/N-ethyl adjacent to an activating group) is 2. The fourth-order valence-corrected chi connectivity index (χ4v) is 2.54. The smallest absolute Gasteiger partial charge is 0.149 e. The zero-order valence-electron chi connectivity index (χ0n) is 12.6. The van der Waals surface area contributed by atoms with E-state index in [1.807, 2.05) is 62.5 Å². The molecule has 0 spiro atoms. The molecule has 0 radical (unpaired) electrons. The first-order chi connectivity index (χ1) is 10.2. The summed E-state index contributed by atoms with van der Waals surface area (Å²) in [5.41, 5.74) is 1.39. The van der Waals surface area contributed by atoms with Crippen molar-refractivity contribution in [3.8, 4) is 6.07 Å². The minimum atomic E-state index is -0.708. The normalized spacial score (nSPS) is 13.2. The lowest BCUT2D eigenvalue weighted by Crippen LogP contribution is -2.49. The van der Waals surface area contributed by atoms with Crippen LogP contribution in [0.5, 0.6) is 0 Å². The van der Waals surface area contributed by atoms with Crippen LogP contribution in [0.3, 0.4) is 0 Å². The monoisotopic (exact) mass is 279 g/mol. The summed E-state index contributed by atoms with van der Waals surface area (Å²) >= 11 is 0. The van der Waals surface area contributed by atoms with Crippen LogP contribution in [-0.4, -0.2) is 20.1 Å². The Morgan fingerprint density at radius 3 is 2.14 bits per heavy atom. The number of para-hydroxylation sites is 1. The Morgan fingerprint density at radius 2 is 1.62 bits per heavy atom. The quantitative estimate of drug-likeness (QED) is 0.883. The predicted molar refractivity (Wildman–Crippen MR) is 87.1 cm³/mol. The van der Waals surface area contributed by atoms with E-state index in [4.69, 9.17) is 0 Å². The second-order valence-corrected chi connectivity index (χ2v) is 5.11. The molecule has 1 N–H and O–H groups in total. The molecule has 1 unspecified atom stereocenters. The van der Waals surface area contributed by atoms with Gasteiger partial charge in [-0.05, 0) is 24.2 Å². The Hall–Kier alpha value is -2.31. The van der Waals surface area contributed by atoms with Gasteiger partial charge in [0.05, 0.1) is 12.6 Å². The number of hydrogen-bond acceptors (Lipinski definition) is 3. The highest BCUT2D eigenvalue weighted by molar-refractivity contribution is 5.47. The molecule has 0 heterocycles. The first-order valence-electron chi connectivity index (χ1n) is 7.20. The van der Waals surface area contributed by atoms with Gasteiger partial charge in [0, 0.05) is 12.7 Å². The van der Waals surface area contributed by atoms with Crippen LogP contribution in [0.2, 0.25) is 0 Å². The lowest BCUT2D eigenvalue weighted by Gasteiger charge is -2.33. The highest BCUT2D eigenvalue weighted by Crippen LogP contribution is 2.24. The SMILES string of the molecule is CCNC(C#N)(CN(C)c1ccccc1)c1ccccc1. The fraction of sp³-hybridized carbons (Fsp3) is 0.278. The first-order valence-corrected chi connectivity index (χ1v) is 7.20. The van der Waals surface area contributed by atoms with E-state index in [1.54, 1.807) is 0 Å². The maximum Gasteiger partial charge on any atom is 0.149 e. The minimum absolute atomic E-state index is 0.589. The van der Waals surface area contributed by atoms with E-state index in [2.05, 4.69) is 28.4 Å². The standard InChI is InChI=1S/C18H21N3/c1-3-20-18(14-19,16-10-6-4-7-11-16)15-21(2)17-12-8-5-9-13-17/h4-13,20H,3,15H2,1-2H3. The van der Waals surface area contributed by atoms with Crippen molar-refractivity contribution >= 4 is 5.69 Å². The van der Waals surface area contributed by atoms with Crippen molar-refractivity contribution in [3.05, 3.63) is 66.2 Å². The van der Waals surface area contributed by atoms with E-state index in [1.165, 1.54) is 0 Å². The van der Waals surface area contributed by atoms with Gasteiger partial charge in [0.1, 0.15) is 5.54 Å². The van der Waals surface area contributed by atoms with Crippen LogP contribution in [0.25, 0.3) is 0 Å². The number of anilines is 1. The molecule has 3 nitrogen and oxygen atoms in total. The molecule has 0 saturated heterocycles. The van der Waals surface area contributed by atoms with Gasteiger partial charge >= 0.3 is 0 Å². The van der Waals surface area contributed by atoms with Crippen LogP contribution in [0.1, 0.15) is 12.5 Å². The van der Waals surface area contributed by atoms with Gasteiger partial charge < -0.3 is 4.90 Å². The molecule has 0 aliphatic heterocycles. The molecule has 0 aromatic heterocycles. The summed E-state index contributed by atoms with van der Waals surface area (Å²) in [6.07, 6.45) is 0. The third kappa shape index (κ3) is 3.42. The number of rotatable bonds is 6. The molecule has 108 valence electrons. The Morgan fingerprint density at radius 1 is 1.05 bits per heavy atom. The number of hydrogen-bond donors (Lipinski definition) is 1. The van der Waals surface area contributed by atoms with E-state index in [-0.39, 0.29) is 0 Å². The molecule has 2 aromatic carbocycles. The van der Waals surface area contributed by atoms with Crippen LogP contribution in [0.15, 0.2) is 60.7 Å². The summed E-state index contributed by atoms with van der Waals surface area (Å²) in [5.74, 6) is 0. The van der Waals surface area contributed by atoms with E-state index < -0.39 is 5.54 Å². The average molecular weight is 279 g/mol. The first kappa shape index (κ1) is 15.1. The lowest BCUT2D eigenvalue weighted by molar-refractivity contribution is 0.441. The van der Waals surface area contributed by atoms with Gasteiger partial charge in [-0.2, -0.15) is 5.26 Å². The Kier molecular flexibility index (Phi) is 4.97. The predicted octanol–water partition coefficient (Wildman–Crippen LogP) is 3.15. The summed E-state index contributed by atoms with van der Waals surface area (Å²) in [6.45, 7) is 3.36. The van der Waals surface area contributed by atoms with Crippen molar-refractivity contribution in [2.45, 2.75) is 12.5 Å². The molecule has 0 saturated carbocycles. The third-order valence-electron chi connectivity index (χ3n) is 3.61. The van der Waals surface area contributed by atoms with Crippen molar-refractivity contribution in [1.82, 2.24) is 5.32 Å². The summed E-state index contributed by atoms with van der Waals surface area (Å²) < 4.78 is 0. The largest absolute Gasteiger partial charge is 0.371 e. The Labute approximate surface area is 126 Å². The maximum atomic E-state index is 9.82. The second-order valence-electron chi connectivity index (χ2n) is 5.11. The molecule has 21 heavy (non-hydrogen) atoms. The molecule has 3 heteroatoms. The van der Waals surface area contributed by atoms with Crippen molar-refractivity contribution in [2.75, 3.05) is 25.0 Å². The van der Waals surface area contributed by atoms with Gasteiger partial charge in [0.2, 0.25) is 0 Å². The molecule has 0 bridgehead atoms. The van der Waals surface area contributed by atoms with E-state index >= 15 is 0 Å². The highest BCUT2D eigenvalue weighted by atomic mass is 15.2. The van der Waals surface area contributed by atoms with E-state index in [0.29, 0.717) is 6.54 Å². The molecule has 0 fully saturated rings. The molecule has 0 aliphatic carbocycles. The van der Waals surface area contributed by atoms with E-state index in [0.717, 1.165) is 17.8 Å². The average Bonchev–Trinajstić information content (AvgIpc) is 2.56. The van der Waals surface area contributed by atoms with Gasteiger partial charge in [0.25, 0.3) is 0 Å². The second kappa shape index (κ2) is 6.92. The summed E-state index contributed by atoms with van der Waals surface area (Å²) in [4.78, 5) is 2.11. The summed E-state index contributed by atoms with van der Waals surface area (Å²) in [7, 11) is 2.02. The number of nitrogens with zero attached hydrogens (tertiary/aromatic N) is 2. The van der Waals surface area contributed by atoms with Gasteiger partial charge in [-0.25, -0.2) is 0 Å². The summed E-state index contributed by atoms with van der Waals surface area (Å²) in [5, 5.41) is 13.2. The number of nitrogens with one attached hydrogen (secondary N) is 1. The summed E-state index contributed by atoms with van der Waals surface area (Å²) in [6, 6.07) is 22.5. The van der Waals surface area contributed by atoms with Gasteiger partial charge in [-0.15, -0.1) is 0 Å². The molecule has 0 aliphatic rings. The maximum absolute atomic E-state index is 9.82. The van der Waals surface area contributed by atoms with Crippen molar-refractivity contribution in [3.63, 3.8) is 0 Å². The third-order valence-corrected chi connectivity index (χ3v) is 3.61. The fourth-order valence-electron chi connectivity index (χ4n) is 2.54. The zero-order chi connectivity index (χ0) is 15.1.